The van der Waals surface area contributed by atoms with Gasteiger partial charge in [-0.3, -0.25) is 0 Å². The third-order valence-electron chi connectivity index (χ3n) is 1.74. The first-order valence-corrected chi connectivity index (χ1v) is 5.68. The van der Waals surface area contributed by atoms with E-state index >= 15 is 0 Å². The van der Waals surface area contributed by atoms with Crippen LogP contribution in [0, 0.1) is 0 Å². The summed E-state index contributed by atoms with van der Waals surface area (Å²) in [5.74, 6) is -1.25. The largest absolute Gasteiger partial charge is 0.451 e. The van der Waals surface area contributed by atoms with Crippen LogP contribution in [0.2, 0.25) is 5.15 Å². The molecule has 0 saturated heterocycles. The molecule has 0 radical (unpaired) electrons. The van der Waals surface area contributed by atoms with E-state index in [9.17, 15) is 13.2 Å². The lowest BCUT2D eigenvalue weighted by Crippen LogP contribution is -2.12. The van der Waals surface area contributed by atoms with Crippen molar-refractivity contribution in [1.29, 1.82) is 0 Å². The number of hydrogen-bond donors (Lipinski definition) is 1. The van der Waals surface area contributed by atoms with Gasteiger partial charge < -0.3 is 5.32 Å². The van der Waals surface area contributed by atoms with Gasteiger partial charge in [-0.15, -0.1) is 0 Å². The van der Waals surface area contributed by atoms with Crippen molar-refractivity contribution < 1.29 is 13.2 Å². The highest BCUT2D eigenvalue weighted by molar-refractivity contribution is 7.08. The molecule has 0 amide bonds. The van der Waals surface area contributed by atoms with E-state index in [0.29, 0.717) is 5.69 Å². The zero-order valence-corrected chi connectivity index (χ0v) is 9.70. The maximum Gasteiger partial charge on any atom is 0.451 e. The molecule has 1 N–H and O–H groups in total. The minimum Gasteiger partial charge on any atom is -0.339 e. The van der Waals surface area contributed by atoms with Crippen LogP contribution < -0.4 is 5.32 Å². The van der Waals surface area contributed by atoms with Gasteiger partial charge in [-0.2, -0.15) is 24.5 Å². The Kier molecular flexibility index (Phi) is 3.21. The molecule has 0 spiro atoms. The molecule has 0 aromatic carbocycles. The van der Waals surface area contributed by atoms with Gasteiger partial charge in [-0.1, -0.05) is 11.6 Å². The zero-order chi connectivity index (χ0) is 12.5. The molecule has 0 fully saturated rings. The van der Waals surface area contributed by atoms with Crippen molar-refractivity contribution in [3.8, 4) is 0 Å². The smallest absolute Gasteiger partial charge is 0.339 e. The van der Waals surface area contributed by atoms with Gasteiger partial charge in [0, 0.05) is 11.4 Å². The minimum absolute atomic E-state index is 0.00993. The summed E-state index contributed by atoms with van der Waals surface area (Å²) in [5, 5.41) is 5.98. The van der Waals surface area contributed by atoms with Crippen LogP contribution in [-0.2, 0) is 6.18 Å². The molecule has 2 heterocycles. The summed E-state index contributed by atoms with van der Waals surface area (Å²) < 4.78 is 37.3. The van der Waals surface area contributed by atoms with E-state index in [1.54, 1.807) is 16.8 Å². The van der Waals surface area contributed by atoms with Crippen molar-refractivity contribution in [3.05, 3.63) is 33.9 Å². The second-order valence-electron chi connectivity index (χ2n) is 3.03. The monoisotopic (exact) mass is 279 g/mol. The second kappa shape index (κ2) is 4.50. The highest BCUT2D eigenvalue weighted by atomic mass is 35.5. The van der Waals surface area contributed by atoms with Crippen molar-refractivity contribution in [3.63, 3.8) is 0 Å². The molecule has 3 nitrogen and oxygen atoms in total. The van der Waals surface area contributed by atoms with Crippen LogP contribution in [0.15, 0.2) is 22.9 Å². The first-order valence-electron chi connectivity index (χ1n) is 4.36. The van der Waals surface area contributed by atoms with Crippen molar-refractivity contribution in [2.45, 2.75) is 6.18 Å². The first-order chi connectivity index (χ1) is 7.95. The second-order valence-corrected chi connectivity index (χ2v) is 4.20. The standard InChI is InChI=1S/C9H5ClF3N3S/c10-6-3-7(14-5-1-2-17-4-5)16-8(15-6)9(11,12)13/h1-4H,(H,14,15,16). The quantitative estimate of drug-likeness (QED) is 0.846. The Morgan fingerprint density at radius 2 is 2.06 bits per heavy atom. The normalized spacial score (nSPS) is 11.5. The molecule has 0 aliphatic rings. The number of nitrogens with one attached hydrogen (secondary N) is 1. The fourth-order valence-corrected chi connectivity index (χ4v) is 1.86. The summed E-state index contributed by atoms with van der Waals surface area (Å²) in [4.78, 5) is 6.48. The van der Waals surface area contributed by atoms with Crippen LogP contribution in [0.5, 0.6) is 0 Å². The number of halogens is 4. The maximum atomic E-state index is 12.4. The van der Waals surface area contributed by atoms with Crippen LogP contribution in [0.3, 0.4) is 0 Å². The fraction of sp³-hybridized carbons (Fsp3) is 0.111. The van der Waals surface area contributed by atoms with Gasteiger partial charge >= 0.3 is 6.18 Å². The molecule has 90 valence electrons. The lowest BCUT2D eigenvalue weighted by atomic mass is 10.4. The highest BCUT2D eigenvalue weighted by Gasteiger charge is 2.35. The molecular formula is C9H5ClF3N3S. The zero-order valence-electron chi connectivity index (χ0n) is 8.12. The lowest BCUT2D eigenvalue weighted by Gasteiger charge is -2.08. The number of aromatic nitrogens is 2. The van der Waals surface area contributed by atoms with Crippen LogP contribution in [0.1, 0.15) is 5.82 Å². The van der Waals surface area contributed by atoms with Gasteiger partial charge in [0.1, 0.15) is 11.0 Å². The Morgan fingerprint density at radius 1 is 1.29 bits per heavy atom. The van der Waals surface area contributed by atoms with E-state index in [1.807, 2.05) is 0 Å². The van der Waals surface area contributed by atoms with E-state index < -0.39 is 12.0 Å². The van der Waals surface area contributed by atoms with Gasteiger partial charge in [0.05, 0.1) is 5.69 Å². The molecule has 0 aliphatic carbocycles. The summed E-state index contributed by atoms with van der Waals surface area (Å²) in [5.41, 5.74) is 0.651. The molecule has 2 rings (SSSR count). The molecule has 2 aromatic heterocycles. The van der Waals surface area contributed by atoms with Crippen molar-refractivity contribution >= 4 is 34.4 Å². The molecule has 8 heteroatoms. The van der Waals surface area contributed by atoms with Gasteiger partial charge in [-0.25, -0.2) is 9.97 Å². The predicted molar refractivity (Wildman–Crippen MR) is 59.6 cm³/mol. The third-order valence-corrected chi connectivity index (χ3v) is 2.62. The number of anilines is 2. The minimum atomic E-state index is -4.62. The molecular weight excluding hydrogens is 275 g/mol. The van der Waals surface area contributed by atoms with E-state index in [-0.39, 0.29) is 11.0 Å². The van der Waals surface area contributed by atoms with Crippen LogP contribution >= 0.6 is 22.9 Å². The Labute approximate surface area is 103 Å². The van der Waals surface area contributed by atoms with E-state index in [4.69, 9.17) is 11.6 Å². The average Bonchev–Trinajstić information content (AvgIpc) is 2.68. The Hall–Kier alpha value is -1.34. The lowest BCUT2D eigenvalue weighted by molar-refractivity contribution is -0.144. The Morgan fingerprint density at radius 3 is 2.65 bits per heavy atom. The van der Waals surface area contributed by atoms with Gasteiger partial charge in [0.2, 0.25) is 5.82 Å². The maximum absolute atomic E-state index is 12.4. The van der Waals surface area contributed by atoms with E-state index in [1.165, 1.54) is 17.4 Å². The average molecular weight is 280 g/mol. The molecule has 0 saturated carbocycles. The molecule has 0 unspecified atom stereocenters. The first kappa shape index (κ1) is 12.1. The Balaban J connectivity index is 2.32. The number of thiophene rings is 1. The van der Waals surface area contributed by atoms with E-state index in [0.717, 1.165) is 0 Å². The van der Waals surface area contributed by atoms with Crippen molar-refractivity contribution in [2.24, 2.45) is 0 Å². The Bertz CT molecular complexity index is 513. The highest BCUT2D eigenvalue weighted by Crippen LogP contribution is 2.29. The fourth-order valence-electron chi connectivity index (χ4n) is 1.09. The molecule has 17 heavy (non-hydrogen) atoms. The molecule has 0 aliphatic heterocycles. The third kappa shape index (κ3) is 3.07. The molecule has 0 atom stereocenters. The van der Waals surface area contributed by atoms with E-state index in [2.05, 4.69) is 15.3 Å². The SMILES string of the molecule is FC(F)(F)c1nc(Cl)cc(Nc2ccsc2)n1. The molecule has 0 bridgehead atoms. The number of alkyl halides is 3. The summed E-state index contributed by atoms with van der Waals surface area (Å²) in [7, 11) is 0. The molecule has 2 aromatic rings. The van der Waals surface area contributed by atoms with Crippen molar-refractivity contribution in [1.82, 2.24) is 9.97 Å². The van der Waals surface area contributed by atoms with Crippen LogP contribution in [0.25, 0.3) is 0 Å². The van der Waals surface area contributed by atoms with Crippen LogP contribution in [0.4, 0.5) is 24.7 Å². The number of rotatable bonds is 2. The van der Waals surface area contributed by atoms with Gasteiger partial charge in [-0.05, 0) is 11.4 Å². The van der Waals surface area contributed by atoms with Gasteiger partial charge in [0.15, 0.2) is 0 Å². The predicted octanol–water partition coefficient (Wildman–Crippen LogP) is 3.95. The van der Waals surface area contributed by atoms with Crippen LogP contribution in [-0.4, -0.2) is 9.97 Å². The number of hydrogen-bond acceptors (Lipinski definition) is 4. The summed E-state index contributed by atoms with van der Waals surface area (Å²) >= 11 is 6.92. The topological polar surface area (TPSA) is 37.8 Å². The summed E-state index contributed by atoms with van der Waals surface area (Å²) in [6, 6.07) is 2.95. The summed E-state index contributed by atoms with van der Waals surface area (Å²) in [6.07, 6.45) is -4.62. The van der Waals surface area contributed by atoms with Crippen molar-refractivity contribution in [2.75, 3.05) is 5.32 Å². The number of nitrogens with zero attached hydrogens (tertiary/aromatic N) is 2. The summed E-state index contributed by atoms with van der Waals surface area (Å²) in [6.45, 7) is 0. The van der Waals surface area contributed by atoms with Gasteiger partial charge in [0.25, 0.3) is 0 Å².